The lowest BCUT2D eigenvalue weighted by molar-refractivity contribution is 0.243. The maximum atomic E-state index is 13.1. The van der Waals surface area contributed by atoms with E-state index < -0.39 is 15.8 Å². The van der Waals surface area contributed by atoms with E-state index in [0.29, 0.717) is 13.1 Å². The molecule has 0 radical (unpaired) electrons. The van der Waals surface area contributed by atoms with Crippen LogP contribution in [0.2, 0.25) is 5.02 Å². The molecule has 0 aliphatic carbocycles. The van der Waals surface area contributed by atoms with Crippen LogP contribution < -0.4 is 5.73 Å². The van der Waals surface area contributed by atoms with E-state index in [1.807, 2.05) is 6.92 Å². The van der Waals surface area contributed by atoms with Gasteiger partial charge in [0, 0.05) is 19.1 Å². The molecular formula is C13H18ClFN2O2S. The molecule has 4 nitrogen and oxygen atoms in total. The number of piperidine rings is 1. The third-order valence-corrected chi connectivity index (χ3v) is 5.84. The van der Waals surface area contributed by atoms with E-state index in [9.17, 15) is 12.8 Å². The first kappa shape index (κ1) is 15.7. The van der Waals surface area contributed by atoms with Crippen LogP contribution in [0.4, 0.5) is 4.39 Å². The second kappa shape index (κ2) is 5.97. The summed E-state index contributed by atoms with van der Waals surface area (Å²) in [6, 6.07) is 3.42. The first-order valence-corrected chi connectivity index (χ1v) is 8.35. The van der Waals surface area contributed by atoms with Crippen LogP contribution in [0.15, 0.2) is 23.1 Å². The molecule has 7 heteroatoms. The molecule has 1 aromatic rings. The van der Waals surface area contributed by atoms with E-state index in [0.717, 1.165) is 25.0 Å². The maximum absolute atomic E-state index is 13.1. The zero-order chi connectivity index (χ0) is 14.9. The SMILES string of the molecule is C[C@@H](N)[C@H]1CCCN(S(=O)(=O)c2ccc(F)c(Cl)c2)C1. The minimum Gasteiger partial charge on any atom is -0.328 e. The van der Waals surface area contributed by atoms with Crippen LogP contribution in [0.25, 0.3) is 0 Å². The van der Waals surface area contributed by atoms with Crippen molar-refractivity contribution in [1.29, 1.82) is 0 Å². The molecule has 2 rings (SSSR count). The van der Waals surface area contributed by atoms with Gasteiger partial charge >= 0.3 is 0 Å². The van der Waals surface area contributed by atoms with Crippen molar-refractivity contribution in [2.45, 2.75) is 30.7 Å². The van der Waals surface area contributed by atoms with Gasteiger partial charge in [-0.3, -0.25) is 0 Å². The van der Waals surface area contributed by atoms with Crippen LogP contribution in [-0.4, -0.2) is 31.9 Å². The summed E-state index contributed by atoms with van der Waals surface area (Å²) in [4.78, 5) is 0.0224. The Morgan fingerprint density at radius 3 is 2.80 bits per heavy atom. The summed E-state index contributed by atoms with van der Waals surface area (Å²) in [5.74, 6) is -0.479. The number of nitrogens with two attached hydrogens (primary N) is 1. The zero-order valence-corrected chi connectivity index (χ0v) is 12.8. The van der Waals surface area contributed by atoms with Crippen molar-refractivity contribution >= 4 is 21.6 Å². The van der Waals surface area contributed by atoms with Gasteiger partial charge in [0.05, 0.1) is 9.92 Å². The Labute approximate surface area is 123 Å². The molecule has 112 valence electrons. The van der Waals surface area contributed by atoms with Crippen molar-refractivity contribution in [1.82, 2.24) is 4.31 Å². The normalized spacial score (nSPS) is 22.7. The molecule has 1 heterocycles. The van der Waals surface area contributed by atoms with Gasteiger partial charge in [-0.1, -0.05) is 11.6 Å². The van der Waals surface area contributed by atoms with Crippen LogP contribution in [0.3, 0.4) is 0 Å². The van der Waals surface area contributed by atoms with Gasteiger partial charge in [-0.25, -0.2) is 12.8 Å². The van der Waals surface area contributed by atoms with E-state index in [1.165, 1.54) is 10.4 Å². The van der Waals surface area contributed by atoms with E-state index in [1.54, 1.807) is 0 Å². The summed E-state index contributed by atoms with van der Waals surface area (Å²) in [6.07, 6.45) is 1.70. The van der Waals surface area contributed by atoms with Gasteiger partial charge in [-0.05, 0) is 43.9 Å². The van der Waals surface area contributed by atoms with E-state index >= 15 is 0 Å². The van der Waals surface area contributed by atoms with Crippen molar-refractivity contribution in [2.75, 3.05) is 13.1 Å². The van der Waals surface area contributed by atoms with E-state index in [4.69, 9.17) is 17.3 Å². The molecule has 0 bridgehead atoms. The lowest BCUT2D eigenvalue weighted by atomic mass is 9.93. The van der Waals surface area contributed by atoms with Gasteiger partial charge in [-0.2, -0.15) is 4.31 Å². The van der Waals surface area contributed by atoms with Gasteiger partial charge in [0.15, 0.2) is 0 Å². The monoisotopic (exact) mass is 320 g/mol. The zero-order valence-electron chi connectivity index (χ0n) is 11.2. The highest BCUT2D eigenvalue weighted by atomic mass is 35.5. The van der Waals surface area contributed by atoms with Crippen LogP contribution in [0, 0.1) is 11.7 Å². The Morgan fingerprint density at radius 2 is 2.20 bits per heavy atom. The molecule has 0 aromatic heterocycles. The van der Waals surface area contributed by atoms with Crippen LogP contribution in [0.5, 0.6) is 0 Å². The number of halogens is 2. The molecule has 1 fully saturated rings. The fraction of sp³-hybridized carbons (Fsp3) is 0.538. The van der Waals surface area contributed by atoms with Crippen molar-refractivity contribution in [3.63, 3.8) is 0 Å². The molecular weight excluding hydrogens is 303 g/mol. The van der Waals surface area contributed by atoms with Gasteiger partial charge < -0.3 is 5.73 Å². The molecule has 1 aliphatic rings. The lowest BCUT2D eigenvalue weighted by Crippen LogP contribution is -2.44. The minimum atomic E-state index is -3.64. The molecule has 2 atom stereocenters. The van der Waals surface area contributed by atoms with Gasteiger partial charge in [0.1, 0.15) is 5.82 Å². The first-order valence-electron chi connectivity index (χ1n) is 6.53. The summed E-state index contributed by atoms with van der Waals surface area (Å²) in [5, 5.41) is -0.188. The summed E-state index contributed by atoms with van der Waals surface area (Å²) >= 11 is 5.66. The Kier molecular flexibility index (Phi) is 4.69. The molecule has 1 aliphatic heterocycles. The smallest absolute Gasteiger partial charge is 0.243 e. The lowest BCUT2D eigenvalue weighted by Gasteiger charge is -2.33. The fourth-order valence-corrected chi connectivity index (χ4v) is 4.22. The maximum Gasteiger partial charge on any atom is 0.243 e. The van der Waals surface area contributed by atoms with Crippen molar-refractivity contribution in [3.05, 3.63) is 29.0 Å². The molecule has 0 spiro atoms. The summed E-state index contributed by atoms with van der Waals surface area (Å²) in [6.45, 7) is 2.74. The molecule has 2 N–H and O–H groups in total. The Balaban J connectivity index is 2.27. The number of sulfonamides is 1. The highest BCUT2D eigenvalue weighted by molar-refractivity contribution is 7.89. The Hall–Kier alpha value is -0.690. The summed E-state index contributed by atoms with van der Waals surface area (Å²) < 4.78 is 39.6. The third kappa shape index (κ3) is 3.14. The number of hydrogen-bond donors (Lipinski definition) is 1. The fourth-order valence-electron chi connectivity index (χ4n) is 2.41. The standard InChI is InChI=1S/C13H18ClFN2O2S/c1-9(16)10-3-2-6-17(8-10)20(18,19)11-4-5-13(15)12(14)7-11/h4-5,7,9-10H,2-3,6,8,16H2,1H3/t9-,10+/m1/s1. The van der Waals surface area contributed by atoms with Crippen molar-refractivity contribution < 1.29 is 12.8 Å². The predicted molar refractivity (Wildman–Crippen MR) is 76.5 cm³/mol. The molecule has 0 saturated carbocycles. The minimum absolute atomic E-state index is 0.0224. The van der Waals surface area contributed by atoms with E-state index in [-0.39, 0.29) is 21.9 Å². The van der Waals surface area contributed by atoms with Crippen molar-refractivity contribution in [2.24, 2.45) is 11.7 Å². The third-order valence-electron chi connectivity index (χ3n) is 3.69. The summed E-state index contributed by atoms with van der Waals surface area (Å²) in [5.41, 5.74) is 5.86. The molecule has 0 unspecified atom stereocenters. The van der Waals surface area contributed by atoms with Crippen LogP contribution in [0.1, 0.15) is 19.8 Å². The predicted octanol–water partition coefficient (Wildman–Crippen LogP) is 2.23. The second-order valence-electron chi connectivity index (χ2n) is 5.20. The molecule has 20 heavy (non-hydrogen) atoms. The van der Waals surface area contributed by atoms with Crippen molar-refractivity contribution in [3.8, 4) is 0 Å². The Morgan fingerprint density at radius 1 is 1.50 bits per heavy atom. The van der Waals surface area contributed by atoms with Gasteiger partial charge in [0.25, 0.3) is 0 Å². The quantitative estimate of drug-likeness (QED) is 0.929. The number of rotatable bonds is 3. The van der Waals surface area contributed by atoms with E-state index in [2.05, 4.69) is 0 Å². The molecule has 1 aromatic carbocycles. The number of nitrogens with zero attached hydrogens (tertiary/aromatic N) is 1. The number of hydrogen-bond acceptors (Lipinski definition) is 3. The van der Waals surface area contributed by atoms with Crippen LogP contribution in [-0.2, 0) is 10.0 Å². The second-order valence-corrected chi connectivity index (χ2v) is 7.55. The number of benzene rings is 1. The Bertz CT molecular complexity index is 592. The van der Waals surface area contributed by atoms with Gasteiger partial charge in [-0.15, -0.1) is 0 Å². The average Bonchev–Trinajstić information content (AvgIpc) is 2.42. The highest BCUT2D eigenvalue weighted by Crippen LogP contribution is 2.27. The van der Waals surface area contributed by atoms with Crippen LogP contribution >= 0.6 is 11.6 Å². The highest BCUT2D eigenvalue weighted by Gasteiger charge is 2.31. The largest absolute Gasteiger partial charge is 0.328 e. The average molecular weight is 321 g/mol. The van der Waals surface area contributed by atoms with Gasteiger partial charge in [0.2, 0.25) is 10.0 Å². The molecule has 1 saturated heterocycles. The molecule has 0 amide bonds. The topological polar surface area (TPSA) is 63.4 Å². The first-order chi connectivity index (χ1) is 9.32. The summed E-state index contributed by atoms with van der Waals surface area (Å²) in [7, 11) is -3.64.